The monoisotopic (exact) mass is 414 g/mol. The Hall–Kier alpha value is -1.32. The number of hydrogen-bond donors (Lipinski definition) is 0. The third kappa shape index (κ3) is 3.42. The van der Waals surface area contributed by atoms with Crippen molar-refractivity contribution in [3.8, 4) is 0 Å². The molecule has 0 bridgehead atoms. The minimum absolute atomic E-state index is 0.0905. The molecular formula is C26H42N2O2. The van der Waals surface area contributed by atoms with Crippen LogP contribution in [-0.4, -0.2) is 47.2 Å². The molecule has 4 nitrogen and oxygen atoms in total. The van der Waals surface area contributed by atoms with E-state index in [1.807, 2.05) is 11.0 Å². The van der Waals surface area contributed by atoms with Crippen LogP contribution in [0.4, 0.5) is 0 Å². The van der Waals surface area contributed by atoms with Crippen molar-refractivity contribution in [2.45, 2.75) is 92.0 Å². The molecule has 1 saturated heterocycles. The number of carbonyl (C=O) groups is 2. The number of amides is 1. The van der Waals surface area contributed by atoms with Crippen molar-refractivity contribution in [2.75, 3.05) is 19.6 Å². The van der Waals surface area contributed by atoms with Crippen LogP contribution in [0.5, 0.6) is 0 Å². The predicted octanol–water partition coefficient (Wildman–Crippen LogP) is 5.03. The zero-order valence-corrected chi connectivity index (χ0v) is 19.9. The largest absolute Gasteiger partial charge is 0.371 e. The molecule has 1 heterocycles. The van der Waals surface area contributed by atoms with Gasteiger partial charge in [0.05, 0.1) is 0 Å². The van der Waals surface area contributed by atoms with Crippen LogP contribution in [0.3, 0.4) is 0 Å². The summed E-state index contributed by atoms with van der Waals surface area (Å²) >= 11 is 0. The highest BCUT2D eigenvalue weighted by atomic mass is 16.2. The number of allylic oxidation sites excluding steroid dienone is 2. The van der Waals surface area contributed by atoms with Crippen molar-refractivity contribution in [1.29, 1.82) is 0 Å². The Bertz CT molecular complexity index is 727. The van der Waals surface area contributed by atoms with E-state index in [9.17, 15) is 9.59 Å². The highest BCUT2D eigenvalue weighted by Crippen LogP contribution is 2.64. The lowest BCUT2D eigenvalue weighted by Gasteiger charge is -2.61. The van der Waals surface area contributed by atoms with Gasteiger partial charge in [-0.15, -0.1) is 0 Å². The third-order valence-electron chi connectivity index (χ3n) is 9.65. The van der Waals surface area contributed by atoms with Crippen LogP contribution >= 0.6 is 0 Å². The summed E-state index contributed by atoms with van der Waals surface area (Å²) in [7, 11) is 0. The molecular weight excluding hydrogens is 372 g/mol. The van der Waals surface area contributed by atoms with E-state index in [4.69, 9.17) is 0 Å². The highest BCUT2D eigenvalue weighted by Gasteiger charge is 2.58. The molecule has 2 saturated carbocycles. The van der Waals surface area contributed by atoms with E-state index in [-0.39, 0.29) is 23.1 Å². The smallest absolute Gasteiger partial charge is 0.224 e. The van der Waals surface area contributed by atoms with Crippen molar-refractivity contribution in [1.82, 2.24) is 9.80 Å². The van der Waals surface area contributed by atoms with Gasteiger partial charge in [0.25, 0.3) is 0 Å². The number of piperidine rings is 1. The summed E-state index contributed by atoms with van der Waals surface area (Å²) in [6, 6.07) is 0.144. The van der Waals surface area contributed by atoms with E-state index < -0.39 is 0 Å². The third-order valence-corrected chi connectivity index (χ3v) is 9.65. The number of fused-ring (bicyclic) bond motifs is 5. The number of rotatable bonds is 5. The van der Waals surface area contributed by atoms with E-state index >= 15 is 0 Å². The lowest BCUT2D eigenvalue weighted by Crippen LogP contribution is -2.59. The Kier molecular flexibility index (Phi) is 5.83. The van der Waals surface area contributed by atoms with Crippen molar-refractivity contribution in [2.24, 2.45) is 28.6 Å². The Morgan fingerprint density at radius 2 is 1.90 bits per heavy atom. The minimum Gasteiger partial charge on any atom is -0.371 e. The van der Waals surface area contributed by atoms with Crippen molar-refractivity contribution >= 4 is 11.7 Å². The van der Waals surface area contributed by atoms with Crippen LogP contribution in [0.1, 0.15) is 86.0 Å². The van der Waals surface area contributed by atoms with Gasteiger partial charge in [-0.2, -0.15) is 0 Å². The average Bonchev–Trinajstić information content (AvgIpc) is 3.11. The molecule has 3 aliphatic carbocycles. The normalized spacial score (nSPS) is 39.0. The molecule has 6 atom stereocenters. The predicted molar refractivity (Wildman–Crippen MR) is 121 cm³/mol. The van der Waals surface area contributed by atoms with Gasteiger partial charge in [-0.1, -0.05) is 20.3 Å². The van der Waals surface area contributed by atoms with E-state index in [1.54, 1.807) is 0 Å². The second-order valence-electron chi connectivity index (χ2n) is 11.1. The summed E-state index contributed by atoms with van der Waals surface area (Å²) < 4.78 is 0. The Labute approximate surface area is 183 Å². The first kappa shape index (κ1) is 21.9. The molecule has 4 rings (SSSR count). The van der Waals surface area contributed by atoms with E-state index in [1.165, 1.54) is 37.8 Å². The molecule has 0 spiro atoms. The number of ketones is 1. The Balaban J connectivity index is 1.65. The number of likely N-dealkylation sites (tertiary alicyclic amines) is 1. The van der Waals surface area contributed by atoms with Gasteiger partial charge < -0.3 is 9.80 Å². The van der Waals surface area contributed by atoms with Gasteiger partial charge in [0.2, 0.25) is 5.91 Å². The van der Waals surface area contributed by atoms with Crippen LogP contribution in [0, 0.1) is 28.6 Å². The van der Waals surface area contributed by atoms with Gasteiger partial charge in [-0.05, 0) is 76.0 Å². The summed E-state index contributed by atoms with van der Waals surface area (Å²) in [5, 5.41) is 0. The van der Waals surface area contributed by atoms with Gasteiger partial charge in [-0.25, -0.2) is 0 Å². The molecule has 4 aliphatic rings. The molecule has 3 fully saturated rings. The number of nitrogens with zero attached hydrogens (tertiary/aromatic N) is 2. The maximum atomic E-state index is 12.9. The topological polar surface area (TPSA) is 40.6 Å². The summed E-state index contributed by atoms with van der Waals surface area (Å²) in [4.78, 5) is 29.8. The molecule has 0 aromatic rings. The second kappa shape index (κ2) is 7.98. The maximum absolute atomic E-state index is 12.9. The minimum atomic E-state index is 0.0905. The van der Waals surface area contributed by atoms with Crippen LogP contribution in [0.15, 0.2) is 11.8 Å². The fourth-order valence-corrected chi connectivity index (χ4v) is 7.82. The summed E-state index contributed by atoms with van der Waals surface area (Å²) in [5.41, 5.74) is 1.85. The quantitative estimate of drug-likeness (QED) is 0.633. The van der Waals surface area contributed by atoms with Gasteiger partial charge in [0.15, 0.2) is 5.78 Å². The van der Waals surface area contributed by atoms with Gasteiger partial charge in [0.1, 0.15) is 0 Å². The van der Waals surface area contributed by atoms with E-state index in [0.717, 1.165) is 32.0 Å². The lowest BCUT2D eigenvalue weighted by molar-refractivity contribution is -0.133. The molecule has 0 radical (unpaired) electrons. The van der Waals surface area contributed by atoms with Gasteiger partial charge >= 0.3 is 0 Å². The maximum Gasteiger partial charge on any atom is 0.224 e. The molecule has 4 heteroatoms. The fraction of sp³-hybridized carbons (Fsp3) is 0.846. The standard InChI is InChI=1S/C26H42N2O2/c1-6-27(7-2)24(30)15-18(3)28-17-20-21-9-8-12-25(21,4)13-11-22(20)26(5)14-10-19(29)16-23(26)28/h16,18,20-22H,6-15,17H2,1-5H3/t18?,20-,21-,22-,25-,26+/m0/s1. The summed E-state index contributed by atoms with van der Waals surface area (Å²) in [5.74, 6) is 2.71. The van der Waals surface area contributed by atoms with Crippen molar-refractivity contribution < 1.29 is 9.59 Å². The fourth-order valence-electron chi connectivity index (χ4n) is 7.82. The molecule has 1 aliphatic heterocycles. The van der Waals surface area contributed by atoms with Crippen LogP contribution in [0.2, 0.25) is 0 Å². The first-order valence-electron chi connectivity index (χ1n) is 12.5. The first-order chi connectivity index (χ1) is 14.2. The number of carbonyl (C=O) groups excluding carboxylic acids is 2. The Morgan fingerprint density at radius 1 is 1.17 bits per heavy atom. The number of hydrogen-bond acceptors (Lipinski definition) is 3. The summed E-state index contributed by atoms with van der Waals surface area (Å²) in [6.45, 7) is 13.9. The highest BCUT2D eigenvalue weighted by molar-refractivity contribution is 5.91. The van der Waals surface area contributed by atoms with Crippen molar-refractivity contribution in [3.63, 3.8) is 0 Å². The van der Waals surface area contributed by atoms with Crippen LogP contribution < -0.4 is 0 Å². The van der Waals surface area contributed by atoms with Crippen LogP contribution in [0.25, 0.3) is 0 Å². The zero-order chi connectivity index (χ0) is 21.7. The molecule has 1 amide bonds. The molecule has 1 unspecified atom stereocenters. The van der Waals surface area contributed by atoms with Gasteiger partial charge in [0, 0.05) is 55.7 Å². The van der Waals surface area contributed by atoms with Crippen LogP contribution in [-0.2, 0) is 9.59 Å². The lowest BCUT2D eigenvalue weighted by atomic mass is 9.50. The molecule has 0 aromatic carbocycles. The molecule has 0 N–H and O–H groups in total. The SMILES string of the molecule is CCN(CC)C(=O)CC(C)N1C[C@H]2[C@@H]3CCC[C@@]3(C)CC[C@@H]2[C@@]2(C)CCC(=O)C=C12. The average molecular weight is 415 g/mol. The first-order valence-corrected chi connectivity index (χ1v) is 12.5. The molecule has 0 aromatic heterocycles. The summed E-state index contributed by atoms with van der Waals surface area (Å²) in [6.07, 6.45) is 11.0. The molecule has 30 heavy (non-hydrogen) atoms. The second-order valence-corrected chi connectivity index (χ2v) is 11.1. The molecule has 168 valence electrons. The Morgan fingerprint density at radius 3 is 2.60 bits per heavy atom. The van der Waals surface area contributed by atoms with E-state index in [0.29, 0.717) is 30.1 Å². The van der Waals surface area contributed by atoms with E-state index in [2.05, 4.69) is 39.5 Å². The zero-order valence-electron chi connectivity index (χ0n) is 19.9. The van der Waals surface area contributed by atoms with Gasteiger partial charge in [-0.3, -0.25) is 9.59 Å². The van der Waals surface area contributed by atoms with Crippen molar-refractivity contribution in [3.05, 3.63) is 11.8 Å².